The molecule has 0 aliphatic carbocycles. The summed E-state index contributed by atoms with van der Waals surface area (Å²) in [6.45, 7) is 11.9. The van der Waals surface area contributed by atoms with Crippen molar-refractivity contribution in [2.45, 2.75) is 66.4 Å². The highest BCUT2D eigenvalue weighted by Crippen LogP contribution is 2.68. The molecule has 6 atom stereocenters. The fraction of sp³-hybridized carbons (Fsp3) is 0.581. The summed E-state index contributed by atoms with van der Waals surface area (Å²) in [6.07, 6.45) is 7.44. The molecule has 3 fully saturated rings. The zero-order valence-corrected chi connectivity index (χ0v) is 25.8. The van der Waals surface area contributed by atoms with Gasteiger partial charge < -0.3 is 19.8 Å². The number of thioether (sulfide) groups is 1. The second kappa shape index (κ2) is 13.7. The number of rotatable bonds is 15. The lowest BCUT2D eigenvalue weighted by atomic mass is 9.70. The lowest BCUT2D eigenvalue weighted by molar-refractivity contribution is -0.145. The maximum absolute atomic E-state index is 14.3. The number of amides is 3. The van der Waals surface area contributed by atoms with Gasteiger partial charge in [0.2, 0.25) is 17.7 Å². The topological polar surface area (TPSA) is 81.2 Å². The smallest absolute Gasteiger partial charge is 0.247 e. The van der Waals surface area contributed by atoms with Gasteiger partial charge in [-0.3, -0.25) is 14.4 Å². The first kappa shape index (κ1) is 30.8. The van der Waals surface area contributed by atoms with Gasteiger partial charge in [0.25, 0.3) is 0 Å². The van der Waals surface area contributed by atoms with Gasteiger partial charge in [-0.15, -0.1) is 24.9 Å². The lowest BCUT2D eigenvalue weighted by Gasteiger charge is -2.38. The van der Waals surface area contributed by atoms with E-state index in [0.717, 1.165) is 24.8 Å². The molecule has 218 valence electrons. The molecule has 3 saturated heterocycles. The Morgan fingerprint density at radius 1 is 1.12 bits per heavy atom. The molecule has 1 spiro atoms. The quantitative estimate of drug-likeness (QED) is 0.178. The van der Waals surface area contributed by atoms with Gasteiger partial charge in [-0.1, -0.05) is 78.2 Å². The number of carbonyl (C=O) groups is 3. The third-order valence-corrected chi connectivity index (χ3v) is 11.7. The van der Waals surface area contributed by atoms with E-state index < -0.39 is 22.6 Å². The highest BCUT2D eigenvalue weighted by Gasteiger charge is 2.75. The van der Waals surface area contributed by atoms with Crippen molar-refractivity contribution in [1.29, 1.82) is 0 Å². The van der Waals surface area contributed by atoms with Gasteiger partial charge in [0.05, 0.1) is 16.6 Å². The number of unbranched alkanes of at least 4 members (excludes halogenated alkanes) is 2. The van der Waals surface area contributed by atoms with E-state index in [1.165, 1.54) is 0 Å². The Morgan fingerprint density at radius 3 is 2.48 bits per heavy atom. The second-order valence-electron chi connectivity index (χ2n) is 11.0. The van der Waals surface area contributed by atoms with Crippen LogP contribution >= 0.6 is 27.7 Å². The molecule has 2 bridgehead atoms. The molecule has 0 aromatic heterocycles. The number of likely N-dealkylation sites (tertiary alicyclic amines) is 1. The van der Waals surface area contributed by atoms with Crippen LogP contribution in [0.15, 0.2) is 55.6 Å². The minimum absolute atomic E-state index is 0.0128. The first-order chi connectivity index (χ1) is 19.3. The number of hydrogen-bond donors (Lipinski definition) is 1. The van der Waals surface area contributed by atoms with Gasteiger partial charge >= 0.3 is 0 Å². The molecule has 3 heterocycles. The van der Waals surface area contributed by atoms with Crippen molar-refractivity contribution in [3.63, 3.8) is 0 Å². The van der Waals surface area contributed by atoms with Crippen molar-refractivity contribution >= 4 is 45.4 Å². The van der Waals surface area contributed by atoms with Crippen LogP contribution in [0.4, 0.5) is 0 Å². The Balaban J connectivity index is 1.70. The third kappa shape index (κ3) is 5.79. The minimum Gasteiger partial charge on any atom is -0.396 e. The number of halogens is 1. The van der Waals surface area contributed by atoms with Crippen LogP contribution in [0.1, 0.15) is 44.6 Å². The van der Waals surface area contributed by atoms with Crippen molar-refractivity contribution in [3.8, 4) is 0 Å². The van der Waals surface area contributed by atoms with E-state index in [-0.39, 0.29) is 34.4 Å². The van der Waals surface area contributed by atoms with Crippen LogP contribution in [0.2, 0.25) is 0 Å². The molecule has 1 aromatic rings. The number of nitrogens with zero attached hydrogens (tertiary/aromatic N) is 3. The predicted octanol–water partition coefficient (Wildman–Crippen LogP) is 4.25. The fourth-order valence-electron chi connectivity index (χ4n) is 6.75. The first-order valence-corrected chi connectivity index (χ1v) is 16.2. The average Bonchev–Trinajstić information content (AvgIpc) is 3.54. The number of alkyl halides is 1. The summed E-state index contributed by atoms with van der Waals surface area (Å²) >= 11 is 5.51. The van der Waals surface area contributed by atoms with Crippen LogP contribution < -0.4 is 0 Å². The van der Waals surface area contributed by atoms with E-state index in [0.29, 0.717) is 45.6 Å². The molecule has 9 heteroatoms. The van der Waals surface area contributed by atoms with E-state index in [1.54, 1.807) is 33.7 Å². The SMILES string of the molecule is C=CCN(CCCCC)C(=O)C1N(CCCO)C(=O)[C@@H]2[C@H](C(=O)N(CC=C)Cc3ccccc3)[C@H]3SC12CC3Br. The van der Waals surface area contributed by atoms with E-state index in [9.17, 15) is 19.5 Å². The van der Waals surface area contributed by atoms with Gasteiger partial charge in [0.15, 0.2) is 0 Å². The molecule has 3 aliphatic heterocycles. The molecule has 0 saturated carbocycles. The summed E-state index contributed by atoms with van der Waals surface area (Å²) < 4.78 is -0.695. The summed E-state index contributed by atoms with van der Waals surface area (Å²) in [5.41, 5.74) is 1.01. The monoisotopic (exact) mass is 631 g/mol. The number of benzene rings is 1. The standard InChI is InChI=1S/C31H42BrN3O4S/c1-4-7-11-17-33(15-5-2)30(39)27-31-20-23(32)26(40-31)24(25(31)29(38)35(27)18-12-19-36)28(37)34(16-6-3)21-22-13-9-8-10-14-22/h5-6,8-10,13-14,23-27,36H,2-4,7,11-12,15-21H2,1H3/t23?,24-,25-,26-,27?,31?/m0/s1. The van der Waals surface area contributed by atoms with Crippen LogP contribution in [-0.2, 0) is 20.9 Å². The zero-order valence-electron chi connectivity index (χ0n) is 23.4. The average molecular weight is 633 g/mol. The Labute approximate surface area is 251 Å². The Bertz CT molecular complexity index is 1090. The van der Waals surface area contributed by atoms with Gasteiger partial charge in [0, 0.05) is 49.4 Å². The number of carbonyl (C=O) groups excluding carboxylic acids is 3. The van der Waals surface area contributed by atoms with E-state index in [4.69, 9.17) is 0 Å². The number of hydrogen-bond acceptors (Lipinski definition) is 5. The van der Waals surface area contributed by atoms with Gasteiger partial charge in [-0.25, -0.2) is 0 Å². The van der Waals surface area contributed by atoms with Gasteiger partial charge in [-0.2, -0.15) is 0 Å². The van der Waals surface area contributed by atoms with E-state index >= 15 is 0 Å². The lowest BCUT2D eigenvalue weighted by Crippen LogP contribution is -2.56. The van der Waals surface area contributed by atoms with Crippen molar-refractivity contribution < 1.29 is 19.5 Å². The van der Waals surface area contributed by atoms with Crippen molar-refractivity contribution in [3.05, 3.63) is 61.2 Å². The second-order valence-corrected chi connectivity index (χ2v) is 13.8. The minimum atomic E-state index is -0.695. The van der Waals surface area contributed by atoms with Crippen molar-refractivity contribution in [1.82, 2.24) is 14.7 Å². The molecule has 4 rings (SSSR count). The Hall–Kier alpha value is -2.10. The van der Waals surface area contributed by atoms with Crippen molar-refractivity contribution in [2.75, 3.05) is 32.8 Å². The maximum Gasteiger partial charge on any atom is 0.247 e. The predicted molar refractivity (Wildman–Crippen MR) is 164 cm³/mol. The number of aliphatic hydroxyl groups excluding tert-OH is 1. The maximum atomic E-state index is 14.3. The fourth-order valence-corrected chi connectivity index (χ4v) is 10.3. The van der Waals surface area contributed by atoms with Gasteiger partial charge in [0.1, 0.15) is 6.04 Å². The van der Waals surface area contributed by atoms with E-state index in [2.05, 4.69) is 36.0 Å². The first-order valence-electron chi connectivity index (χ1n) is 14.4. The molecule has 3 amide bonds. The Morgan fingerprint density at radius 2 is 1.82 bits per heavy atom. The molecule has 1 N–H and O–H groups in total. The molecule has 1 aromatic carbocycles. The molecular formula is C31H42BrN3O4S. The molecule has 40 heavy (non-hydrogen) atoms. The number of aliphatic hydroxyl groups is 1. The summed E-state index contributed by atoms with van der Waals surface area (Å²) in [5, 5.41) is 9.53. The molecule has 3 unspecified atom stereocenters. The van der Waals surface area contributed by atoms with Crippen LogP contribution in [0.5, 0.6) is 0 Å². The van der Waals surface area contributed by atoms with Crippen LogP contribution in [-0.4, -0.2) is 91.2 Å². The summed E-state index contributed by atoms with van der Waals surface area (Å²) in [7, 11) is 0. The highest BCUT2D eigenvalue weighted by atomic mass is 79.9. The number of fused-ring (bicyclic) bond motifs is 1. The zero-order chi connectivity index (χ0) is 28.9. The van der Waals surface area contributed by atoms with Gasteiger partial charge in [-0.05, 0) is 24.8 Å². The van der Waals surface area contributed by atoms with Crippen molar-refractivity contribution in [2.24, 2.45) is 11.8 Å². The summed E-state index contributed by atoms with van der Waals surface area (Å²) in [4.78, 5) is 48.2. The highest BCUT2D eigenvalue weighted by molar-refractivity contribution is 9.09. The molecule has 7 nitrogen and oxygen atoms in total. The summed E-state index contributed by atoms with van der Waals surface area (Å²) in [5.74, 6) is -1.39. The molecule has 3 aliphatic rings. The normalized spacial score (nSPS) is 28.4. The van der Waals surface area contributed by atoms with Crippen LogP contribution in [0.25, 0.3) is 0 Å². The Kier molecular flexibility index (Phi) is 10.6. The van der Waals surface area contributed by atoms with Crippen LogP contribution in [0, 0.1) is 11.8 Å². The van der Waals surface area contributed by atoms with Crippen LogP contribution in [0.3, 0.4) is 0 Å². The third-order valence-electron chi connectivity index (χ3n) is 8.44. The summed E-state index contributed by atoms with van der Waals surface area (Å²) in [6, 6.07) is 9.16. The van der Waals surface area contributed by atoms with E-state index in [1.807, 2.05) is 35.2 Å². The molecular weight excluding hydrogens is 590 g/mol. The largest absolute Gasteiger partial charge is 0.396 e. The molecule has 0 radical (unpaired) electrons.